The van der Waals surface area contributed by atoms with Gasteiger partial charge in [0, 0.05) is 6.07 Å². The van der Waals surface area contributed by atoms with E-state index in [0.717, 1.165) is 0 Å². The molecule has 1 aliphatic rings. The maximum atomic E-state index is 12.6. The van der Waals surface area contributed by atoms with Crippen LogP contribution in [0.15, 0.2) is 27.6 Å². The van der Waals surface area contributed by atoms with Gasteiger partial charge in [0.1, 0.15) is 18.5 Å². The quantitative estimate of drug-likeness (QED) is 0.851. The normalized spacial score (nSPS) is 15.7. The van der Waals surface area contributed by atoms with E-state index in [1.54, 1.807) is 13.0 Å². The molecule has 0 bridgehead atoms. The van der Waals surface area contributed by atoms with Gasteiger partial charge in [-0.2, -0.15) is 4.98 Å². The number of hydrogen-bond donors (Lipinski definition) is 0. The Morgan fingerprint density at radius 1 is 1.19 bits per heavy atom. The fraction of sp³-hybridized carbons (Fsp3) is 0.385. The van der Waals surface area contributed by atoms with Crippen molar-refractivity contribution in [2.75, 3.05) is 13.2 Å². The molecule has 0 spiro atoms. The Labute approximate surface area is 121 Å². The van der Waals surface area contributed by atoms with Gasteiger partial charge in [-0.1, -0.05) is 5.16 Å². The number of aromatic nitrogens is 2. The van der Waals surface area contributed by atoms with Crippen LogP contribution in [-0.4, -0.2) is 31.8 Å². The van der Waals surface area contributed by atoms with Crippen molar-refractivity contribution < 1.29 is 22.4 Å². The minimum atomic E-state index is -3.64. The molecule has 2 aromatic rings. The van der Waals surface area contributed by atoms with Gasteiger partial charge < -0.3 is 14.0 Å². The maximum absolute atomic E-state index is 12.6. The van der Waals surface area contributed by atoms with Crippen molar-refractivity contribution in [3.63, 3.8) is 0 Å². The van der Waals surface area contributed by atoms with Crippen molar-refractivity contribution in [3.05, 3.63) is 29.9 Å². The molecule has 1 atom stereocenters. The highest BCUT2D eigenvalue weighted by Crippen LogP contribution is 2.35. The fourth-order valence-electron chi connectivity index (χ4n) is 2.02. The smallest absolute Gasteiger partial charge is 0.245 e. The van der Waals surface area contributed by atoms with Crippen LogP contribution in [0.3, 0.4) is 0 Å². The second-order valence-corrected chi connectivity index (χ2v) is 6.94. The van der Waals surface area contributed by atoms with E-state index < -0.39 is 15.1 Å². The van der Waals surface area contributed by atoms with Gasteiger partial charge in [-0.05, 0) is 26.0 Å². The maximum Gasteiger partial charge on any atom is 0.245 e. The highest BCUT2D eigenvalue weighted by atomic mass is 32.2. The molecule has 0 fully saturated rings. The summed E-state index contributed by atoms with van der Waals surface area (Å²) in [5.41, 5.74) is 0. The van der Waals surface area contributed by atoms with Crippen LogP contribution in [0.5, 0.6) is 11.5 Å². The third-order valence-corrected chi connectivity index (χ3v) is 5.24. The summed E-state index contributed by atoms with van der Waals surface area (Å²) >= 11 is 0. The number of sulfone groups is 1. The minimum absolute atomic E-state index is 0.0717. The van der Waals surface area contributed by atoms with Crippen LogP contribution >= 0.6 is 0 Å². The number of benzene rings is 1. The van der Waals surface area contributed by atoms with Crippen LogP contribution in [0.4, 0.5) is 0 Å². The average Bonchev–Trinajstić information content (AvgIpc) is 2.92. The van der Waals surface area contributed by atoms with Crippen molar-refractivity contribution in [1.82, 2.24) is 10.1 Å². The standard InChI is InChI=1S/C13H14N2O5S/c1-8(13-14-9(2)15-20-13)21(16,17)10-3-4-11-12(7-10)19-6-5-18-11/h3-4,7-8H,5-6H2,1-2H3/t8-/m1/s1. The van der Waals surface area contributed by atoms with Gasteiger partial charge in [-0.3, -0.25) is 0 Å². The molecule has 7 nitrogen and oxygen atoms in total. The lowest BCUT2D eigenvalue weighted by Gasteiger charge is -2.19. The second-order valence-electron chi connectivity index (χ2n) is 4.67. The first-order valence-corrected chi connectivity index (χ1v) is 7.97. The Morgan fingerprint density at radius 3 is 2.57 bits per heavy atom. The Bertz CT molecular complexity index is 769. The molecule has 0 amide bonds. The van der Waals surface area contributed by atoms with Gasteiger partial charge in [-0.15, -0.1) is 0 Å². The summed E-state index contributed by atoms with van der Waals surface area (Å²) in [5, 5.41) is 2.69. The molecule has 3 rings (SSSR count). The number of ether oxygens (including phenoxy) is 2. The first-order chi connectivity index (χ1) is 9.98. The summed E-state index contributed by atoms with van der Waals surface area (Å²) in [6.45, 7) is 4.00. The molecule has 0 saturated heterocycles. The van der Waals surface area contributed by atoms with E-state index >= 15 is 0 Å². The van der Waals surface area contributed by atoms with Gasteiger partial charge in [-0.25, -0.2) is 8.42 Å². The molecule has 0 unspecified atom stereocenters. The van der Waals surface area contributed by atoms with Gasteiger partial charge in [0.05, 0.1) is 4.90 Å². The molecule has 0 N–H and O–H groups in total. The number of rotatable bonds is 3. The predicted molar refractivity (Wildman–Crippen MR) is 72.1 cm³/mol. The number of aryl methyl sites for hydroxylation is 1. The lowest BCUT2D eigenvalue weighted by molar-refractivity contribution is 0.171. The van der Waals surface area contributed by atoms with Crippen LogP contribution in [0.1, 0.15) is 23.9 Å². The predicted octanol–water partition coefficient (Wildman–Crippen LogP) is 1.68. The Hall–Kier alpha value is -2.09. The molecule has 0 saturated carbocycles. The molecular weight excluding hydrogens is 296 g/mol. The largest absolute Gasteiger partial charge is 0.486 e. The topological polar surface area (TPSA) is 91.5 Å². The summed E-state index contributed by atoms with van der Waals surface area (Å²) in [4.78, 5) is 4.11. The van der Waals surface area contributed by atoms with E-state index in [4.69, 9.17) is 14.0 Å². The highest BCUT2D eigenvalue weighted by Gasteiger charge is 2.30. The van der Waals surface area contributed by atoms with E-state index in [1.165, 1.54) is 19.1 Å². The van der Waals surface area contributed by atoms with Crippen LogP contribution in [0.25, 0.3) is 0 Å². The van der Waals surface area contributed by atoms with Crippen molar-refractivity contribution >= 4 is 9.84 Å². The summed E-state index contributed by atoms with van der Waals surface area (Å²) < 4.78 is 40.9. The van der Waals surface area contributed by atoms with Crippen molar-refractivity contribution in [2.24, 2.45) is 0 Å². The summed E-state index contributed by atoms with van der Waals surface area (Å²) in [5.74, 6) is 1.44. The molecule has 1 aliphatic heterocycles. The number of nitrogens with zero attached hydrogens (tertiary/aromatic N) is 2. The zero-order valence-electron chi connectivity index (χ0n) is 11.6. The zero-order chi connectivity index (χ0) is 15.0. The Kier molecular flexibility index (Phi) is 3.32. The van der Waals surface area contributed by atoms with Gasteiger partial charge in [0.25, 0.3) is 0 Å². The lowest BCUT2D eigenvalue weighted by atomic mass is 10.3. The SMILES string of the molecule is Cc1noc([C@@H](C)S(=O)(=O)c2ccc3c(c2)OCCO3)n1. The highest BCUT2D eigenvalue weighted by molar-refractivity contribution is 7.91. The molecule has 0 aliphatic carbocycles. The van der Waals surface area contributed by atoms with Gasteiger partial charge >= 0.3 is 0 Å². The summed E-state index contributed by atoms with van der Waals surface area (Å²) in [6.07, 6.45) is 0. The van der Waals surface area contributed by atoms with E-state index in [-0.39, 0.29) is 10.8 Å². The van der Waals surface area contributed by atoms with E-state index in [0.29, 0.717) is 30.5 Å². The Balaban J connectivity index is 1.98. The molecular formula is C13H14N2O5S. The van der Waals surface area contributed by atoms with Crippen LogP contribution in [0, 0.1) is 6.92 Å². The van der Waals surface area contributed by atoms with Crippen LogP contribution in [-0.2, 0) is 9.84 Å². The lowest BCUT2D eigenvalue weighted by Crippen LogP contribution is -2.16. The molecule has 0 radical (unpaired) electrons. The molecule has 112 valence electrons. The molecule has 1 aromatic heterocycles. The van der Waals surface area contributed by atoms with Gasteiger partial charge in [0.2, 0.25) is 5.89 Å². The van der Waals surface area contributed by atoms with E-state index in [1.807, 2.05) is 0 Å². The monoisotopic (exact) mass is 310 g/mol. The third-order valence-electron chi connectivity index (χ3n) is 3.20. The van der Waals surface area contributed by atoms with E-state index in [2.05, 4.69) is 10.1 Å². The Morgan fingerprint density at radius 2 is 1.90 bits per heavy atom. The molecule has 2 heterocycles. The minimum Gasteiger partial charge on any atom is -0.486 e. The first-order valence-electron chi connectivity index (χ1n) is 6.42. The number of hydrogen-bond acceptors (Lipinski definition) is 7. The molecule has 1 aromatic carbocycles. The van der Waals surface area contributed by atoms with Crippen LogP contribution < -0.4 is 9.47 Å². The fourth-order valence-corrected chi connectivity index (χ4v) is 3.31. The van der Waals surface area contributed by atoms with Crippen molar-refractivity contribution in [1.29, 1.82) is 0 Å². The van der Waals surface area contributed by atoms with Crippen molar-refractivity contribution in [2.45, 2.75) is 24.0 Å². The summed E-state index contributed by atoms with van der Waals surface area (Å²) in [7, 11) is -3.64. The van der Waals surface area contributed by atoms with Gasteiger partial charge in [0.15, 0.2) is 27.2 Å². The molecule has 8 heteroatoms. The van der Waals surface area contributed by atoms with Crippen molar-refractivity contribution in [3.8, 4) is 11.5 Å². The zero-order valence-corrected chi connectivity index (χ0v) is 12.4. The first kappa shape index (κ1) is 13.9. The second kappa shape index (κ2) is 5.03. The number of fused-ring (bicyclic) bond motifs is 1. The van der Waals surface area contributed by atoms with Crippen LogP contribution in [0.2, 0.25) is 0 Å². The van der Waals surface area contributed by atoms with E-state index in [9.17, 15) is 8.42 Å². The average molecular weight is 310 g/mol. The summed E-state index contributed by atoms with van der Waals surface area (Å²) in [6, 6.07) is 4.54. The third kappa shape index (κ3) is 2.46. The molecule has 21 heavy (non-hydrogen) atoms.